The fourth-order valence-electron chi connectivity index (χ4n) is 5.06. The van der Waals surface area contributed by atoms with E-state index in [2.05, 4.69) is 38.1 Å². The molecule has 0 spiro atoms. The molecule has 2 aliphatic heterocycles. The average Bonchev–Trinajstić information content (AvgIpc) is 3.48. The molecule has 2 atom stereocenters. The van der Waals surface area contributed by atoms with E-state index in [9.17, 15) is 14.4 Å². The number of urea groups is 1. The Bertz CT molecular complexity index is 1060. The monoisotopic (exact) mass is 424 g/mol. The lowest BCUT2D eigenvalue weighted by Gasteiger charge is -2.41. The van der Waals surface area contributed by atoms with Gasteiger partial charge in [0, 0.05) is 45.3 Å². The standard InChI is InChI=1S/C22H28N6O3/c1-14-13-27(9-10-28(14)16-11-18-17(23-12-16)6-8-26(18)2)19(29)5-7-22(15-3-4-15)20(30)24-21(31)25-22/h6,8,11-12,14-15H,3-5,7,9-10,13H2,1-2H3,(H2,24,25,30,31)/t14-,22?/m0/s1. The van der Waals surface area contributed by atoms with Gasteiger partial charge in [0.1, 0.15) is 5.54 Å². The van der Waals surface area contributed by atoms with Crippen LogP contribution in [-0.4, -0.2) is 63.5 Å². The normalized spacial score (nSPS) is 26.3. The zero-order chi connectivity index (χ0) is 21.8. The second-order valence-corrected chi connectivity index (χ2v) is 9.06. The Kier molecular flexibility index (Phi) is 4.64. The number of aryl methyl sites for hydroxylation is 1. The van der Waals surface area contributed by atoms with Gasteiger partial charge in [-0.15, -0.1) is 0 Å². The molecule has 2 aromatic heterocycles. The number of nitrogens with one attached hydrogen (secondary N) is 2. The van der Waals surface area contributed by atoms with Crippen LogP contribution >= 0.6 is 0 Å². The van der Waals surface area contributed by atoms with Crippen LogP contribution in [0.1, 0.15) is 32.6 Å². The number of anilines is 1. The van der Waals surface area contributed by atoms with Crippen LogP contribution in [-0.2, 0) is 16.6 Å². The number of fused-ring (bicyclic) bond motifs is 1. The third kappa shape index (κ3) is 3.41. The highest BCUT2D eigenvalue weighted by Crippen LogP contribution is 2.43. The number of rotatable bonds is 5. The second-order valence-electron chi connectivity index (χ2n) is 9.06. The summed E-state index contributed by atoms with van der Waals surface area (Å²) < 4.78 is 2.06. The number of piperazine rings is 1. The summed E-state index contributed by atoms with van der Waals surface area (Å²) >= 11 is 0. The van der Waals surface area contributed by atoms with Crippen LogP contribution in [0.5, 0.6) is 0 Å². The van der Waals surface area contributed by atoms with Crippen molar-refractivity contribution in [2.45, 2.75) is 44.2 Å². The molecule has 3 aliphatic rings. The largest absolute Gasteiger partial charge is 0.364 e. The maximum absolute atomic E-state index is 12.9. The van der Waals surface area contributed by atoms with E-state index in [4.69, 9.17) is 0 Å². The number of carbonyl (C=O) groups is 3. The number of carbonyl (C=O) groups excluding carboxylic acids is 3. The van der Waals surface area contributed by atoms with Gasteiger partial charge in [-0.3, -0.25) is 19.9 Å². The SMILES string of the molecule is C[C@H]1CN(C(=O)CCC2(C3CC3)NC(=O)NC2=O)CCN1c1cnc2ccn(C)c2c1. The van der Waals surface area contributed by atoms with E-state index in [1.54, 1.807) is 0 Å². The number of aromatic nitrogens is 2. The first kappa shape index (κ1) is 19.8. The lowest BCUT2D eigenvalue weighted by molar-refractivity contribution is -0.133. The van der Waals surface area contributed by atoms with Gasteiger partial charge in [-0.2, -0.15) is 0 Å². The van der Waals surface area contributed by atoms with E-state index in [0.717, 1.165) is 36.1 Å². The van der Waals surface area contributed by atoms with E-state index in [1.807, 2.05) is 30.4 Å². The zero-order valence-corrected chi connectivity index (χ0v) is 17.9. The first-order valence-corrected chi connectivity index (χ1v) is 11.0. The van der Waals surface area contributed by atoms with Crippen molar-refractivity contribution >= 4 is 34.6 Å². The molecule has 1 saturated carbocycles. The minimum atomic E-state index is -0.906. The predicted molar refractivity (Wildman–Crippen MR) is 115 cm³/mol. The van der Waals surface area contributed by atoms with Gasteiger partial charge >= 0.3 is 6.03 Å². The van der Waals surface area contributed by atoms with Gasteiger partial charge in [0.25, 0.3) is 5.91 Å². The number of imide groups is 1. The number of nitrogens with zero attached hydrogens (tertiary/aromatic N) is 4. The third-order valence-corrected chi connectivity index (χ3v) is 7.01. The van der Waals surface area contributed by atoms with Gasteiger partial charge in [0.2, 0.25) is 5.91 Å². The van der Waals surface area contributed by atoms with E-state index in [1.165, 1.54) is 0 Å². The van der Waals surface area contributed by atoms with Crippen LogP contribution in [0, 0.1) is 5.92 Å². The molecule has 4 heterocycles. The lowest BCUT2D eigenvalue weighted by atomic mass is 9.87. The molecule has 2 aromatic rings. The van der Waals surface area contributed by atoms with Crippen molar-refractivity contribution in [2.75, 3.05) is 24.5 Å². The minimum absolute atomic E-state index is 0.0384. The smallest absolute Gasteiger partial charge is 0.322 e. The van der Waals surface area contributed by atoms with Gasteiger partial charge < -0.3 is 19.7 Å². The molecule has 4 amide bonds. The molecule has 31 heavy (non-hydrogen) atoms. The van der Waals surface area contributed by atoms with Crippen LogP contribution in [0.15, 0.2) is 24.5 Å². The quantitative estimate of drug-likeness (QED) is 0.707. The Morgan fingerprint density at radius 3 is 2.77 bits per heavy atom. The first-order valence-electron chi connectivity index (χ1n) is 11.0. The zero-order valence-electron chi connectivity index (χ0n) is 17.9. The summed E-state index contributed by atoms with van der Waals surface area (Å²) in [6.45, 7) is 4.10. The van der Waals surface area contributed by atoms with Gasteiger partial charge in [0.15, 0.2) is 0 Å². The minimum Gasteiger partial charge on any atom is -0.364 e. The van der Waals surface area contributed by atoms with Gasteiger partial charge in [-0.1, -0.05) is 0 Å². The molecule has 1 unspecified atom stereocenters. The Morgan fingerprint density at radius 2 is 2.10 bits per heavy atom. The van der Waals surface area contributed by atoms with E-state index in [-0.39, 0.29) is 30.2 Å². The molecule has 164 valence electrons. The molecule has 3 fully saturated rings. The number of hydrogen-bond donors (Lipinski definition) is 2. The summed E-state index contributed by atoms with van der Waals surface area (Å²) in [7, 11) is 2.01. The summed E-state index contributed by atoms with van der Waals surface area (Å²) in [5.74, 6) is -0.103. The molecule has 2 N–H and O–H groups in total. The molecule has 0 bridgehead atoms. The van der Waals surface area contributed by atoms with Crippen molar-refractivity contribution in [3.63, 3.8) is 0 Å². The van der Waals surface area contributed by atoms with Gasteiger partial charge in [0.05, 0.1) is 22.9 Å². The maximum Gasteiger partial charge on any atom is 0.322 e. The topological polar surface area (TPSA) is 99.6 Å². The van der Waals surface area contributed by atoms with Crippen LogP contribution in [0.3, 0.4) is 0 Å². The summed E-state index contributed by atoms with van der Waals surface area (Å²) in [5, 5.41) is 5.15. The fourth-order valence-corrected chi connectivity index (χ4v) is 5.06. The number of amides is 4. The van der Waals surface area contributed by atoms with Crippen molar-refractivity contribution in [2.24, 2.45) is 13.0 Å². The highest BCUT2D eigenvalue weighted by atomic mass is 16.2. The van der Waals surface area contributed by atoms with Crippen molar-refractivity contribution in [3.8, 4) is 0 Å². The lowest BCUT2D eigenvalue weighted by Crippen LogP contribution is -2.54. The van der Waals surface area contributed by atoms with E-state index < -0.39 is 11.6 Å². The summed E-state index contributed by atoms with van der Waals surface area (Å²) in [5.41, 5.74) is 2.22. The molecule has 9 heteroatoms. The summed E-state index contributed by atoms with van der Waals surface area (Å²) in [4.78, 5) is 45.8. The highest BCUT2D eigenvalue weighted by Gasteiger charge is 2.55. The van der Waals surface area contributed by atoms with Crippen LogP contribution in [0.2, 0.25) is 0 Å². The highest BCUT2D eigenvalue weighted by molar-refractivity contribution is 6.07. The van der Waals surface area contributed by atoms with Crippen molar-refractivity contribution in [1.29, 1.82) is 0 Å². The third-order valence-electron chi connectivity index (χ3n) is 7.01. The fraction of sp³-hybridized carbons (Fsp3) is 0.545. The van der Waals surface area contributed by atoms with E-state index in [0.29, 0.717) is 19.5 Å². The Hall–Kier alpha value is -3.10. The molecular weight excluding hydrogens is 396 g/mol. The first-order chi connectivity index (χ1) is 14.9. The number of pyridine rings is 1. The molecule has 1 aliphatic carbocycles. The van der Waals surface area contributed by atoms with Crippen LogP contribution < -0.4 is 15.5 Å². The van der Waals surface area contributed by atoms with Crippen molar-refractivity contribution < 1.29 is 14.4 Å². The van der Waals surface area contributed by atoms with Crippen molar-refractivity contribution in [3.05, 3.63) is 24.5 Å². The Morgan fingerprint density at radius 1 is 1.29 bits per heavy atom. The molecule has 2 saturated heterocycles. The molecule has 9 nitrogen and oxygen atoms in total. The molecule has 5 rings (SSSR count). The molecule has 0 aromatic carbocycles. The Balaban J connectivity index is 1.23. The van der Waals surface area contributed by atoms with Crippen LogP contribution in [0.4, 0.5) is 10.5 Å². The van der Waals surface area contributed by atoms with Crippen molar-refractivity contribution in [1.82, 2.24) is 25.1 Å². The van der Waals surface area contributed by atoms with Gasteiger partial charge in [-0.25, -0.2) is 4.79 Å². The molecule has 0 radical (unpaired) electrons. The summed E-state index contributed by atoms with van der Waals surface area (Å²) in [6.07, 6.45) is 6.35. The van der Waals surface area contributed by atoms with E-state index >= 15 is 0 Å². The second kappa shape index (κ2) is 7.25. The average molecular weight is 425 g/mol. The van der Waals surface area contributed by atoms with Crippen LogP contribution in [0.25, 0.3) is 11.0 Å². The maximum atomic E-state index is 12.9. The predicted octanol–water partition coefficient (Wildman–Crippen LogP) is 1.38. The summed E-state index contributed by atoms with van der Waals surface area (Å²) in [6, 6.07) is 3.86. The number of hydrogen-bond acceptors (Lipinski definition) is 5. The molecular formula is C22H28N6O3. The Labute approximate surface area is 180 Å². The van der Waals surface area contributed by atoms with Gasteiger partial charge in [-0.05, 0) is 44.2 Å².